The molecule has 5 nitrogen and oxygen atoms in total. The van der Waals surface area contributed by atoms with Gasteiger partial charge in [-0.05, 0) is 33.1 Å². The zero-order valence-electron chi connectivity index (χ0n) is 10.7. The summed E-state index contributed by atoms with van der Waals surface area (Å²) in [7, 11) is 0. The van der Waals surface area contributed by atoms with Crippen molar-refractivity contribution in [3.8, 4) is 0 Å². The third kappa shape index (κ3) is 8.49. The van der Waals surface area contributed by atoms with E-state index in [1.54, 1.807) is 20.8 Å². The number of hydroxylamine groups is 1. The first-order valence-electron chi connectivity index (χ1n) is 5.50. The number of carbonyl (C=O) groups is 1. The molecule has 0 aromatic rings. The molecule has 0 heterocycles. The van der Waals surface area contributed by atoms with Crippen molar-refractivity contribution in [3.63, 3.8) is 0 Å². The van der Waals surface area contributed by atoms with Crippen LogP contribution >= 0.6 is 0 Å². The summed E-state index contributed by atoms with van der Waals surface area (Å²) in [6.07, 6.45) is -0.367. The highest BCUT2D eigenvalue weighted by Crippen LogP contribution is 2.08. The van der Waals surface area contributed by atoms with Crippen LogP contribution in [-0.4, -0.2) is 29.5 Å². The fourth-order valence-corrected chi connectivity index (χ4v) is 1.12. The van der Waals surface area contributed by atoms with Gasteiger partial charge in [-0.2, -0.15) is 5.48 Å². The van der Waals surface area contributed by atoms with Crippen LogP contribution in [0.1, 0.15) is 41.0 Å². The molecular formula is C11H23NO4. The van der Waals surface area contributed by atoms with Gasteiger partial charge in [0.25, 0.3) is 0 Å². The number of hydrogen-bond donors (Lipinski definition) is 2. The van der Waals surface area contributed by atoms with Gasteiger partial charge in [0.15, 0.2) is 0 Å². The molecule has 0 aromatic heterocycles. The van der Waals surface area contributed by atoms with E-state index in [-0.39, 0.29) is 6.61 Å². The number of aliphatic hydroxyl groups is 1. The molecule has 0 saturated heterocycles. The molecule has 0 saturated carbocycles. The summed E-state index contributed by atoms with van der Waals surface area (Å²) in [5, 5.41) is 9.00. The Bertz CT molecular complexity index is 211. The van der Waals surface area contributed by atoms with Gasteiger partial charge in [-0.3, -0.25) is 4.84 Å². The molecule has 5 heteroatoms. The van der Waals surface area contributed by atoms with Crippen molar-refractivity contribution in [2.24, 2.45) is 5.92 Å². The summed E-state index contributed by atoms with van der Waals surface area (Å²) in [6.45, 7) is 9.20. The highest BCUT2D eigenvalue weighted by Gasteiger charge is 2.18. The van der Waals surface area contributed by atoms with Crippen LogP contribution in [-0.2, 0) is 9.57 Å². The molecule has 1 amide bonds. The first kappa shape index (κ1) is 15.2. The molecule has 0 spiro atoms. The Kier molecular flexibility index (Phi) is 6.36. The summed E-state index contributed by atoms with van der Waals surface area (Å²) in [6, 6.07) is 0. The van der Waals surface area contributed by atoms with Crippen LogP contribution in [0.2, 0.25) is 0 Å². The molecule has 0 aliphatic rings. The summed E-state index contributed by atoms with van der Waals surface area (Å²) in [5.74, 6) is 0.387. The molecule has 0 fully saturated rings. The van der Waals surface area contributed by atoms with Gasteiger partial charge in [-0.1, -0.05) is 13.8 Å². The zero-order valence-corrected chi connectivity index (χ0v) is 10.7. The Morgan fingerprint density at radius 1 is 1.38 bits per heavy atom. The van der Waals surface area contributed by atoms with Gasteiger partial charge in [-0.25, -0.2) is 4.79 Å². The minimum Gasteiger partial charge on any atom is -0.442 e. The van der Waals surface area contributed by atoms with E-state index in [4.69, 9.17) is 14.7 Å². The molecule has 16 heavy (non-hydrogen) atoms. The maximum atomic E-state index is 11.2. The second-order valence-corrected chi connectivity index (χ2v) is 5.16. The van der Waals surface area contributed by atoms with Gasteiger partial charge < -0.3 is 9.84 Å². The van der Waals surface area contributed by atoms with Crippen LogP contribution in [0.15, 0.2) is 0 Å². The lowest BCUT2D eigenvalue weighted by Crippen LogP contribution is -2.36. The molecule has 0 aliphatic carbocycles. The van der Waals surface area contributed by atoms with Gasteiger partial charge in [0.1, 0.15) is 11.7 Å². The zero-order chi connectivity index (χ0) is 12.8. The van der Waals surface area contributed by atoms with Crippen LogP contribution in [0, 0.1) is 5.92 Å². The molecule has 0 aromatic carbocycles. The Morgan fingerprint density at radius 3 is 2.31 bits per heavy atom. The van der Waals surface area contributed by atoms with Crippen LogP contribution in [0.4, 0.5) is 4.79 Å². The quantitative estimate of drug-likeness (QED) is 0.711. The van der Waals surface area contributed by atoms with Crippen molar-refractivity contribution in [2.45, 2.75) is 52.7 Å². The third-order valence-electron chi connectivity index (χ3n) is 1.65. The number of rotatable bonds is 5. The normalized spacial score (nSPS) is 13.7. The van der Waals surface area contributed by atoms with Crippen molar-refractivity contribution in [1.82, 2.24) is 5.48 Å². The minimum atomic E-state index is -0.644. The van der Waals surface area contributed by atoms with E-state index in [2.05, 4.69) is 5.48 Å². The van der Waals surface area contributed by atoms with E-state index >= 15 is 0 Å². The molecule has 1 atom stereocenters. The molecule has 0 radical (unpaired) electrons. The van der Waals surface area contributed by atoms with Gasteiger partial charge in [0.2, 0.25) is 0 Å². The van der Waals surface area contributed by atoms with Crippen LogP contribution in [0.25, 0.3) is 0 Å². The largest absolute Gasteiger partial charge is 0.442 e. The third-order valence-corrected chi connectivity index (χ3v) is 1.65. The van der Waals surface area contributed by atoms with Crippen molar-refractivity contribution in [3.05, 3.63) is 0 Å². The molecule has 0 aliphatic heterocycles. The summed E-state index contributed by atoms with van der Waals surface area (Å²) >= 11 is 0. The standard InChI is InChI=1S/C11H23NO4/c1-8(2)6-9(7-13)16-12-10(14)15-11(3,4)5/h8-9,13H,6-7H2,1-5H3,(H,12,14). The Balaban J connectivity index is 3.88. The molecule has 2 N–H and O–H groups in total. The lowest BCUT2D eigenvalue weighted by molar-refractivity contribution is -0.0659. The predicted octanol–water partition coefficient (Wildman–Crippen LogP) is 1.85. The second-order valence-electron chi connectivity index (χ2n) is 5.16. The first-order valence-corrected chi connectivity index (χ1v) is 5.50. The average Bonchev–Trinajstić information content (AvgIpc) is 2.08. The van der Waals surface area contributed by atoms with E-state index in [1.165, 1.54) is 0 Å². The summed E-state index contributed by atoms with van der Waals surface area (Å²) in [4.78, 5) is 16.3. The van der Waals surface area contributed by atoms with Crippen molar-refractivity contribution < 1.29 is 19.5 Å². The number of carbonyl (C=O) groups excluding carboxylic acids is 1. The Hall–Kier alpha value is -0.810. The Morgan fingerprint density at radius 2 is 1.94 bits per heavy atom. The Labute approximate surface area is 97.1 Å². The average molecular weight is 233 g/mol. The van der Waals surface area contributed by atoms with E-state index in [1.807, 2.05) is 13.8 Å². The van der Waals surface area contributed by atoms with Crippen molar-refractivity contribution >= 4 is 6.09 Å². The van der Waals surface area contributed by atoms with E-state index in [0.29, 0.717) is 12.3 Å². The number of hydrogen-bond acceptors (Lipinski definition) is 4. The maximum Gasteiger partial charge on any atom is 0.431 e. The van der Waals surface area contributed by atoms with E-state index < -0.39 is 17.8 Å². The molecular weight excluding hydrogens is 210 g/mol. The lowest BCUT2D eigenvalue weighted by atomic mass is 10.1. The molecule has 1 unspecified atom stereocenters. The monoisotopic (exact) mass is 233 g/mol. The van der Waals surface area contributed by atoms with Crippen LogP contribution in [0.3, 0.4) is 0 Å². The lowest BCUT2D eigenvalue weighted by Gasteiger charge is -2.21. The van der Waals surface area contributed by atoms with Gasteiger partial charge in [0, 0.05) is 0 Å². The van der Waals surface area contributed by atoms with Crippen LogP contribution in [0.5, 0.6) is 0 Å². The van der Waals surface area contributed by atoms with Crippen molar-refractivity contribution in [2.75, 3.05) is 6.61 Å². The summed E-state index contributed by atoms with van der Waals surface area (Å²) in [5.41, 5.74) is 1.62. The highest BCUT2D eigenvalue weighted by molar-refractivity contribution is 5.66. The first-order chi connectivity index (χ1) is 7.24. The fourth-order valence-electron chi connectivity index (χ4n) is 1.12. The van der Waals surface area contributed by atoms with Gasteiger partial charge in [-0.15, -0.1) is 0 Å². The van der Waals surface area contributed by atoms with Gasteiger partial charge in [0.05, 0.1) is 6.61 Å². The number of amides is 1. The number of ether oxygens (including phenoxy) is 1. The number of nitrogens with one attached hydrogen (secondary N) is 1. The smallest absolute Gasteiger partial charge is 0.431 e. The van der Waals surface area contributed by atoms with E-state index in [9.17, 15) is 4.79 Å². The molecule has 96 valence electrons. The van der Waals surface area contributed by atoms with Gasteiger partial charge >= 0.3 is 6.09 Å². The summed E-state index contributed by atoms with van der Waals surface area (Å²) < 4.78 is 4.98. The van der Waals surface area contributed by atoms with Crippen molar-refractivity contribution in [1.29, 1.82) is 0 Å². The molecule has 0 bridgehead atoms. The highest BCUT2D eigenvalue weighted by atomic mass is 16.7. The number of aliphatic hydroxyl groups excluding tert-OH is 1. The van der Waals surface area contributed by atoms with Crippen LogP contribution < -0.4 is 5.48 Å². The second kappa shape index (κ2) is 6.70. The molecule has 0 rings (SSSR count). The topological polar surface area (TPSA) is 67.8 Å². The maximum absolute atomic E-state index is 11.2. The predicted molar refractivity (Wildman–Crippen MR) is 60.8 cm³/mol. The van der Waals surface area contributed by atoms with E-state index in [0.717, 1.165) is 0 Å². The SMILES string of the molecule is CC(C)CC(CO)ONC(=O)OC(C)(C)C. The minimum absolute atomic E-state index is 0.131. The fraction of sp³-hybridized carbons (Fsp3) is 0.909.